The number of nitrogens with zero attached hydrogens (tertiary/aromatic N) is 1. The molecule has 0 aliphatic heterocycles. The lowest BCUT2D eigenvalue weighted by Gasteiger charge is -2.09. The number of rotatable bonds is 4. The summed E-state index contributed by atoms with van der Waals surface area (Å²) < 4.78 is 27.7. The number of aromatic nitrogens is 1. The van der Waals surface area contributed by atoms with Crippen LogP contribution < -0.4 is 10.5 Å². The first-order chi connectivity index (χ1) is 10.1. The van der Waals surface area contributed by atoms with Crippen LogP contribution in [0.4, 0.5) is 5.69 Å². The van der Waals surface area contributed by atoms with Crippen LogP contribution in [0.1, 0.15) is 5.56 Å². The second kappa shape index (κ2) is 5.44. The van der Waals surface area contributed by atoms with Crippen LogP contribution in [0.2, 0.25) is 0 Å². The van der Waals surface area contributed by atoms with E-state index in [1.54, 1.807) is 36.0 Å². The Bertz CT molecular complexity index is 883. The highest BCUT2D eigenvalue weighted by molar-refractivity contribution is 7.94. The molecule has 1 aromatic carbocycles. The summed E-state index contributed by atoms with van der Waals surface area (Å²) >= 11 is 1.16. The lowest BCUT2D eigenvalue weighted by atomic mass is 10.1. The fourth-order valence-electron chi connectivity index (χ4n) is 2.00. The summed E-state index contributed by atoms with van der Waals surface area (Å²) in [5.74, 6) is 0. The van der Waals surface area contributed by atoms with Crippen molar-refractivity contribution in [3.63, 3.8) is 0 Å². The molecule has 21 heavy (non-hydrogen) atoms. The third-order valence-corrected chi connectivity index (χ3v) is 5.91. The van der Waals surface area contributed by atoms with Gasteiger partial charge in [0.25, 0.3) is 10.0 Å². The van der Waals surface area contributed by atoms with E-state index in [0.717, 1.165) is 27.7 Å². The molecule has 2 heterocycles. The molecule has 0 amide bonds. The summed E-state index contributed by atoms with van der Waals surface area (Å²) in [6.45, 7) is 0.324. The van der Waals surface area contributed by atoms with E-state index in [-0.39, 0.29) is 4.21 Å². The van der Waals surface area contributed by atoms with Gasteiger partial charge in [0.05, 0.1) is 5.69 Å². The molecular weight excluding hydrogens is 306 g/mol. The minimum Gasteiger partial charge on any atom is -0.326 e. The van der Waals surface area contributed by atoms with Crippen LogP contribution in [-0.4, -0.2) is 13.4 Å². The van der Waals surface area contributed by atoms with E-state index in [1.165, 1.54) is 0 Å². The van der Waals surface area contributed by atoms with Crippen molar-refractivity contribution in [2.24, 2.45) is 5.73 Å². The molecule has 108 valence electrons. The van der Waals surface area contributed by atoms with Gasteiger partial charge < -0.3 is 5.73 Å². The second-order valence-corrected chi connectivity index (χ2v) is 7.31. The largest absolute Gasteiger partial charge is 0.326 e. The zero-order valence-electron chi connectivity index (χ0n) is 11.0. The third kappa shape index (κ3) is 2.76. The van der Waals surface area contributed by atoms with E-state index in [2.05, 4.69) is 9.71 Å². The van der Waals surface area contributed by atoms with Gasteiger partial charge in [-0.05, 0) is 34.5 Å². The standard InChI is InChI=1S/C14H13N3O2S2/c15-7-10-6-14(20-9-10)21(18,19)17-13-3-1-2-11-4-5-16-8-12(11)13/h1-6,8-9,17H,7,15H2. The van der Waals surface area contributed by atoms with Crippen LogP contribution in [0.3, 0.4) is 0 Å². The topological polar surface area (TPSA) is 85.1 Å². The van der Waals surface area contributed by atoms with E-state index < -0.39 is 10.0 Å². The molecule has 5 nitrogen and oxygen atoms in total. The summed E-state index contributed by atoms with van der Waals surface area (Å²) in [4.78, 5) is 4.04. The van der Waals surface area contributed by atoms with Crippen LogP contribution in [0.5, 0.6) is 0 Å². The van der Waals surface area contributed by atoms with Gasteiger partial charge in [0.2, 0.25) is 0 Å². The molecule has 0 atom stereocenters. The number of sulfonamides is 1. The van der Waals surface area contributed by atoms with Crippen molar-refractivity contribution in [2.75, 3.05) is 4.72 Å². The summed E-state index contributed by atoms with van der Waals surface area (Å²) in [5.41, 5.74) is 6.84. The SMILES string of the molecule is NCc1csc(S(=O)(=O)Nc2cccc3ccncc23)c1. The van der Waals surface area contributed by atoms with Crippen molar-refractivity contribution < 1.29 is 8.42 Å². The Morgan fingerprint density at radius 1 is 1.29 bits per heavy atom. The average Bonchev–Trinajstić information content (AvgIpc) is 2.97. The number of nitrogens with two attached hydrogens (primary N) is 1. The Kier molecular flexibility index (Phi) is 3.62. The molecule has 2 aromatic heterocycles. The molecule has 0 aliphatic carbocycles. The maximum Gasteiger partial charge on any atom is 0.271 e. The predicted molar refractivity (Wildman–Crippen MR) is 84.8 cm³/mol. The fraction of sp³-hybridized carbons (Fsp3) is 0.0714. The van der Waals surface area contributed by atoms with E-state index >= 15 is 0 Å². The van der Waals surface area contributed by atoms with Crippen molar-refractivity contribution in [1.29, 1.82) is 0 Å². The van der Waals surface area contributed by atoms with Gasteiger partial charge in [-0.2, -0.15) is 0 Å². The van der Waals surface area contributed by atoms with Crippen LogP contribution in [0, 0.1) is 0 Å². The maximum absolute atomic E-state index is 12.4. The minimum absolute atomic E-state index is 0.254. The maximum atomic E-state index is 12.4. The molecule has 7 heteroatoms. The van der Waals surface area contributed by atoms with E-state index in [9.17, 15) is 8.42 Å². The highest BCUT2D eigenvalue weighted by atomic mass is 32.2. The van der Waals surface area contributed by atoms with E-state index in [0.29, 0.717) is 12.2 Å². The Morgan fingerprint density at radius 2 is 2.14 bits per heavy atom. The number of pyridine rings is 1. The van der Waals surface area contributed by atoms with Gasteiger partial charge in [0, 0.05) is 24.3 Å². The summed E-state index contributed by atoms with van der Waals surface area (Å²) in [7, 11) is -3.61. The first-order valence-electron chi connectivity index (χ1n) is 6.23. The summed E-state index contributed by atoms with van der Waals surface area (Å²) in [6.07, 6.45) is 3.32. The monoisotopic (exact) mass is 319 g/mol. The summed E-state index contributed by atoms with van der Waals surface area (Å²) in [6, 6.07) is 8.87. The van der Waals surface area contributed by atoms with Gasteiger partial charge >= 0.3 is 0 Å². The van der Waals surface area contributed by atoms with Crippen LogP contribution in [-0.2, 0) is 16.6 Å². The first-order valence-corrected chi connectivity index (χ1v) is 8.59. The van der Waals surface area contributed by atoms with Crippen molar-refractivity contribution in [1.82, 2.24) is 4.98 Å². The van der Waals surface area contributed by atoms with Crippen molar-refractivity contribution >= 4 is 37.8 Å². The quantitative estimate of drug-likeness (QED) is 0.774. The molecule has 0 radical (unpaired) electrons. The van der Waals surface area contributed by atoms with E-state index in [1.807, 2.05) is 12.1 Å². The van der Waals surface area contributed by atoms with Gasteiger partial charge in [-0.1, -0.05) is 12.1 Å². The van der Waals surface area contributed by atoms with Gasteiger partial charge in [0.1, 0.15) is 4.21 Å². The molecule has 0 unspecified atom stereocenters. The third-order valence-electron chi connectivity index (χ3n) is 3.06. The van der Waals surface area contributed by atoms with Crippen molar-refractivity contribution in [3.8, 4) is 0 Å². The number of anilines is 1. The van der Waals surface area contributed by atoms with Crippen molar-refractivity contribution in [2.45, 2.75) is 10.8 Å². The number of fused-ring (bicyclic) bond motifs is 1. The Labute approximate surface area is 126 Å². The van der Waals surface area contributed by atoms with Crippen LogP contribution >= 0.6 is 11.3 Å². The molecule has 0 fully saturated rings. The normalized spacial score (nSPS) is 11.7. The first kappa shape index (κ1) is 14.0. The average molecular weight is 319 g/mol. The smallest absolute Gasteiger partial charge is 0.271 e. The minimum atomic E-state index is -3.61. The predicted octanol–water partition coefficient (Wildman–Crippen LogP) is 2.56. The number of hydrogen-bond acceptors (Lipinski definition) is 5. The second-order valence-electron chi connectivity index (χ2n) is 4.49. The lowest BCUT2D eigenvalue weighted by molar-refractivity contribution is 0.603. The highest BCUT2D eigenvalue weighted by Crippen LogP contribution is 2.27. The molecule has 0 bridgehead atoms. The van der Waals surface area contributed by atoms with Crippen molar-refractivity contribution in [3.05, 3.63) is 53.7 Å². The van der Waals surface area contributed by atoms with E-state index in [4.69, 9.17) is 5.73 Å². The Morgan fingerprint density at radius 3 is 2.90 bits per heavy atom. The zero-order valence-corrected chi connectivity index (χ0v) is 12.6. The fourth-order valence-corrected chi connectivity index (χ4v) is 4.30. The Balaban J connectivity index is 2.01. The highest BCUT2D eigenvalue weighted by Gasteiger charge is 2.17. The number of thiophene rings is 1. The number of hydrogen-bond donors (Lipinski definition) is 2. The lowest BCUT2D eigenvalue weighted by Crippen LogP contribution is -2.11. The van der Waals surface area contributed by atoms with Crippen LogP contribution in [0.25, 0.3) is 10.8 Å². The molecule has 0 aliphatic rings. The van der Waals surface area contributed by atoms with Gasteiger partial charge in [0.15, 0.2) is 0 Å². The summed E-state index contributed by atoms with van der Waals surface area (Å²) in [5, 5.41) is 3.44. The molecule has 3 N–H and O–H groups in total. The van der Waals surface area contributed by atoms with Gasteiger partial charge in [-0.15, -0.1) is 11.3 Å². The molecule has 0 saturated heterocycles. The molecular formula is C14H13N3O2S2. The van der Waals surface area contributed by atoms with Gasteiger partial charge in [-0.25, -0.2) is 8.42 Å². The zero-order chi connectivity index (χ0) is 14.9. The number of benzene rings is 1. The van der Waals surface area contributed by atoms with Crippen LogP contribution in [0.15, 0.2) is 52.3 Å². The number of nitrogens with one attached hydrogen (secondary N) is 1. The molecule has 3 aromatic rings. The molecule has 0 spiro atoms. The molecule has 3 rings (SSSR count). The van der Waals surface area contributed by atoms with Gasteiger partial charge in [-0.3, -0.25) is 9.71 Å². The Hall–Kier alpha value is -1.96. The molecule has 0 saturated carbocycles.